The number of benzene rings is 1. The van der Waals surface area contributed by atoms with Crippen molar-refractivity contribution in [3.63, 3.8) is 0 Å². The van der Waals surface area contributed by atoms with E-state index in [9.17, 15) is 13.2 Å². The van der Waals surface area contributed by atoms with E-state index in [0.717, 1.165) is 25.1 Å². The van der Waals surface area contributed by atoms with Crippen LogP contribution in [0.15, 0.2) is 24.3 Å². The quantitative estimate of drug-likeness (QED) is 0.744. The molecule has 1 aromatic carbocycles. The molecule has 0 spiro atoms. The number of nitrogens with two attached hydrogens (primary N) is 1. The Bertz CT molecular complexity index is 715. The van der Waals surface area contributed by atoms with Crippen molar-refractivity contribution >= 4 is 15.7 Å². The Morgan fingerprint density at radius 2 is 1.92 bits per heavy atom. The van der Waals surface area contributed by atoms with Crippen LogP contribution in [0.25, 0.3) is 0 Å². The highest BCUT2D eigenvalue weighted by molar-refractivity contribution is 7.90. The van der Waals surface area contributed by atoms with E-state index in [1.807, 2.05) is 18.2 Å². The largest absolute Gasteiger partial charge is 0.497 e. The highest BCUT2D eigenvalue weighted by Gasteiger charge is 2.28. The lowest BCUT2D eigenvalue weighted by atomic mass is 10.1. The van der Waals surface area contributed by atoms with Crippen LogP contribution in [0.2, 0.25) is 0 Å². The van der Waals surface area contributed by atoms with Gasteiger partial charge in [0.2, 0.25) is 5.91 Å². The minimum Gasteiger partial charge on any atom is -0.497 e. The van der Waals surface area contributed by atoms with E-state index in [1.165, 1.54) is 5.56 Å². The van der Waals surface area contributed by atoms with Gasteiger partial charge in [0.05, 0.1) is 18.9 Å². The second-order valence-electron chi connectivity index (χ2n) is 6.84. The van der Waals surface area contributed by atoms with E-state index < -0.39 is 15.9 Å². The number of carbonyl (C=O) groups is 1. The summed E-state index contributed by atoms with van der Waals surface area (Å²) >= 11 is 0. The van der Waals surface area contributed by atoms with Crippen LogP contribution in [-0.4, -0.2) is 75.5 Å². The SMILES string of the molecule is COc1cccc(C(C)N2CCN(C(=O)C(N)CCS(C)(=O)=O)CC2)c1. The molecular formula is C18H29N3O4S. The smallest absolute Gasteiger partial charge is 0.239 e. The highest BCUT2D eigenvalue weighted by atomic mass is 32.2. The fourth-order valence-corrected chi connectivity index (χ4v) is 3.82. The molecule has 1 aliphatic heterocycles. The molecule has 146 valence electrons. The van der Waals surface area contributed by atoms with E-state index in [2.05, 4.69) is 17.9 Å². The number of nitrogens with zero attached hydrogens (tertiary/aromatic N) is 2. The minimum absolute atomic E-state index is 0.0628. The van der Waals surface area contributed by atoms with Crippen molar-refractivity contribution in [2.75, 3.05) is 45.3 Å². The molecular weight excluding hydrogens is 354 g/mol. The zero-order valence-electron chi connectivity index (χ0n) is 15.7. The normalized spacial score (nSPS) is 18.4. The second kappa shape index (κ2) is 8.83. The molecule has 1 heterocycles. The third-order valence-corrected chi connectivity index (χ3v) is 5.84. The highest BCUT2D eigenvalue weighted by Crippen LogP contribution is 2.25. The van der Waals surface area contributed by atoms with E-state index in [-0.39, 0.29) is 24.1 Å². The molecule has 8 heteroatoms. The maximum absolute atomic E-state index is 12.4. The van der Waals surface area contributed by atoms with Crippen LogP contribution in [0.1, 0.15) is 24.9 Å². The first-order valence-corrected chi connectivity index (χ1v) is 10.9. The molecule has 1 aliphatic rings. The van der Waals surface area contributed by atoms with Gasteiger partial charge in [0.15, 0.2) is 0 Å². The number of hydrogen-bond donors (Lipinski definition) is 1. The summed E-state index contributed by atoms with van der Waals surface area (Å²) in [7, 11) is -1.46. The molecule has 2 unspecified atom stereocenters. The predicted octanol–water partition coefficient (Wildman–Crippen LogP) is 0.662. The maximum atomic E-state index is 12.4. The summed E-state index contributed by atoms with van der Waals surface area (Å²) in [6.45, 7) is 4.84. The maximum Gasteiger partial charge on any atom is 0.239 e. The third-order valence-electron chi connectivity index (χ3n) is 4.87. The molecule has 0 aliphatic carbocycles. The number of rotatable bonds is 7. The Morgan fingerprint density at radius 1 is 1.27 bits per heavy atom. The van der Waals surface area contributed by atoms with Crippen molar-refractivity contribution in [2.45, 2.75) is 25.4 Å². The number of piperazine rings is 1. The lowest BCUT2D eigenvalue weighted by Crippen LogP contribution is -2.53. The average Bonchev–Trinajstić information content (AvgIpc) is 2.64. The molecule has 2 atom stereocenters. The summed E-state index contributed by atoms with van der Waals surface area (Å²) < 4.78 is 27.8. The van der Waals surface area contributed by atoms with Gasteiger partial charge >= 0.3 is 0 Å². The molecule has 2 N–H and O–H groups in total. The van der Waals surface area contributed by atoms with Crippen molar-refractivity contribution < 1.29 is 17.9 Å². The summed E-state index contributed by atoms with van der Waals surface area (Å²) in [5.41, 5.74) is 7.06. The zero-order chi connectivity index (χ0) is 19.3. The summed E-state index contributed by atoms with van der Waals surface area (Å²) in [4.78, 5) is 16.5. The van der Waals surface area contributed by atoms with E-state index in [0.29, 0.717) is 13.1 Å². The van der Waals surface area contributed by atoms with Crippen LogP contribution in [0.4, 0.5) is 0 Å². The van der Waals surface area contributed by atoms with E-state index in [4.69, 9.17) is 10.5 Å². The lowest BCUT2D eigenvalue weighted by Gasteiger charge is -2.39. The first-order valence-electron chi connectivity index (χ1n) is 8.81. The predicted molar refractivity (Wildman–Crippen MR) is 102 cm³/mol. The zero-order valence-corrected chi connectivity index (χ0v) is 16.5. The van der Waals surface area contributed by atoms with Gasteiger partial charge in [-0.2, -0.15) is 0 Å². The molecule has 2 rings (SSSR count). The van der Waals surface area contributed by atoms with E-state index in [1.54, 1.807) is 12.0 Å². The third kappa shape index (κ3) is 5.69. The van der Waals surface area contributed by atoms with Gasteiger partial charge in [-0.25, -0.2) is 8.42 Å². The Morgan fingerprint density at radius 3 is 2.50 bits per heavy atom. The average molecular weight is 384 g/mol. The van der Waals surface area contributed by atoms with Crippen molar-refractivity contribution in [3.8, 4) is 5.75 Å². The molecule has 1 fully saturated rings. The van der Waals surface area contributed by atoms with Crippen LogP contribution < -0.4 is 10.5 Å². The molecule has 26 heavy (non-hydrogen) atoms. The fraction of sp³-hybridized carbons (Fsp3) is 0.611. The van der Waals surface area contributed by atoms with Gasteiger partial charge in [-0.1, -0.05) is 12.1 Å². The fourth-order valence-electron chi connectivity index (χ4n) is 3.14. The number of hydrogen-bond acceptors (Lipinski definition) is 6. The van der Waals surface area contributed by atoms with Crippen LogP contribution in [0, 0.1) is 0 Å². The van der Waals surface area contributed by atoms with Crippen LogP contribution in [-0.2, 0) is 14.6 Å². The minimum atomic E-state index is -3.11. The summed E-state index contributed by atoms with van der Waals surface area (Å²) in [5, 5.41) is 0. The van der Waals surface area contributed by atoms with Gasteiger partial charge in [0.25, 0.3) is 0 Å². The first-order chi connectivity index (χ1) is 12.2. The monoisotopic (exact) mass is 383 g/mol. The van der Waals surface area contributed by atoms with Crippen molar-refractivity contribution in [1.82, 2.24) is 9.80 Å². The van der Waals surface area contributed by atoms with E-state index >= 15 is 0 Å². The number of carbonyl (C=O) groups excluding carboxylic acids is 1. The number of ether oxygens (including phenoxy) is 1. The molecule has 0 aromatic heterocycles. The molecule has 7 nitrogen and oxygen atoms in total. The van der Waals surface area contributed by atoms with Crippen LogP contribution >= 0.6 is 0 Å². The topological polar surface area (TPSA) is 92.9 Å². The van der Waals surface area contributed by atoms with Crippen LogP contribution in [0.5, 0.6) is 5.75 Å². The molecule has 0 saturated carbocycles. The number of methoxy groups -OCH3 is 1. The lowest BCUT2D eigenvalue weighted by molar-refractivity contribution is -0.134. The number of sulfone groups is 1. The summed E-state index contributed by atoms with van der Waals surface area (Å²) in [6.07, 6.45) is 1.32. The van der Waals surface area contributed by atoms with Crippen molar-refractivity contribution in [3.05, 3.63) is 29.8 Å². The summed E-state index contributed by atoms with van der Waals surface area (Å²) in [6, 6.07) is 7.47. The Kier molecular flexibility index (Phi) is 7.02. The van der Waals surface area contributed by atoms with Gasteiger partial charge in [-0.3, -0.25) is 9.69 Å². The molecule has 1 amide bonds. The standard InChI is InChI=1S/C18H29N3O4S/c1-14(15-5-4-6-16(13-15)25-2)20-8-10-21(11-9-20)18(22)17(19)7-12-26(3,23)24/h4-6,13-14,17H,7-12,19H2,1-3H3. The Balaban J connectivity index is 1.88. The molecule has 0 bridgehead atoms. The van der Waals surface area contributed by atoms with Crippen LogP contribution in [0.3, 0.4) is 0 Å². The van der Waals surface area contributed by atoms with Gasteiger partial charge in [0.1, 0.15) is 15.6 Å². The second-order valence-corrected chi connectivity index (χ2v) is 9.10. The van der Waals surface area contributed by atoms with Crippen molar-refractivity contribution in [2.24, 2.45) is 5.73 Å². The first kappa shape index (κ1) is 20.7. The Labute approximate surface area is 156 Å². The molecule has 1 saturated heterocycles. The van der Waals surface area contributed by atoms with Gasteiger partial charge < -0.3 is 15.4 Å². The van der Waals surface area contributed by atoms with Gasteiger partial charge in [-0.15, -0.1) is 0 Å². The van der Waals surface area contributed by atoms with Crippen molar-refractivity contribution in [1.29, 1.82) is 0 Å². The molecule has 1 aromatic rings. The number of amides is 1. The summed E-state index contributed by atoms with van der Waals surface area (Å²) in [5.74, 6) is 0.606. The molecule has 0 radical (unpaired) electrons. The Hall–Kier alpha value is -1.64. The van der Waals surface area contributed by atoms with Gasteiger partial charge in [-0.05, 0) is 31.0 Å². The van der Waals surface area contributed by atoms with Gasteiger partial charge in [0, 0.05) is 38.5 Å².